The SMILES string of the molecule is Nc1cc(OC(=O)c2ccccc2)nn1S(=O)(=O)c1ccc2ccccc2c1. The molecule has 0 saturated heterocycles. The fourth-order valence-electron chi connectivity index (χ4n) is 2.76. The Hall–Kier alpha value is -3.65. The van der Waals surface area contributed by atoms with Crippen LogP contribution in [0.4, 0.5) is 5.82 Å². The number of fused-ring (bicyclic) bond motifs is 1. The molecule has 4 rings (SSSR count). The van der Waals surface area contributed by atoms with Crippen LogP contribution < -0.4 is 10.5 Å². The topological polar surface area (TPSA) is 104 Å². The van der Waals surface area contributed by atoms with Gasteiger partial charge < -0.3 is 10.5 Å². The highest BCUT2D eigenvalue weighted by Gasteiger charge is 2.23. The molecular weight excluding hydrogens is 378 g/mol. The zero-order valence-electron chi connectivity index (χ0n) is 14.5. The number of benzene rings is 3. The third kappa shape index (κ3) is 3.21. The lowest BCUT2D eigenvalue weighted by molar-refractivity contribution is 0.0727. The fraction of sp³-hybridized carbons (Fsp3) is 0. The van der Waals surface area contributed by atoms with Gasteiger partial charge in [-0.25, -0.2) is 4.79 Å². The first kappa shape index (κ1) is 17.7. The highest BCUT2D eigenvalue weighted by Crippen LogP contribution is 2.24. The molecule has 0 amide bonds. The summed E-state index contributed by atoms with van der Waals surface area (Å²) >= 11 is 0. The number of nitrogens with zero attached hydrogens (tertiary/aromatic N) is 2. The maximum atomic E-state index is 12.9. The van der Waals surface area contributed by atoms with Crippen LogP contribution in [0.5, 0.6) is 5.88 Å². The molecule has 7 nitrogen and oxygen atoms in total. The van der Waals surface area contributed by atoms with Gasteiger partial charge in [0.2, 0.25) is 5.88 Å². The van der Waals surface area contributed by atoms with Gasteiger partial charge in [-0.2, -0.15) is 8.42 Å². The van der Waals surface area contributed by atoms with Crippen LogP contribution in [0.3, 0.4) is 0 Å². The monoisotopic (exact) mass is 393 g/mol. The number of nitrogen functional groups attached to an aromatic ring is 1. The van der Waals surface area contributed by atoms with Crippen LogP contribution >= 0.6 is 0 Å². The van der Waals surface area contributed by atoms with Crippen molar-refractivity contribution in [3.63, 3.8) is 0 Å². The number of hydrogen-bond acceptors (Lipinski definition) is 6. The molecule has 2 N–H and O–H groups in total. The first-order valence-electron chi connectivity index (χ1n) is 8.32. The Morgan fingerprint density at radius 3 is 2.32 bits per heavy atom. The first-order valence-corrected chi connectivity index (χ1v) is 9.76. The maximum Gasteiger partial charge on any atom is 0.344 e. The second-order valence-corrected chi connectivity index (χ2v) is 7.79. The molecule has 8 heteroatoms. The molecule has 140 valence electrons. The van der Waals surface area contributed by atoms with Crippen LogP contribution in [0.1, 0.15) is 10.4 Å². The summed E-state index contributed by atoms with van der Waals surface area (Å²) < 4.78 is 31.7. The van der Waals surface area contributed by atoms with Crippen molar-refractivity contribution in [3.8, 4) is 5.88 Å². The maximum absolute atomic E-state index is 12.9. The molecule has 3 aromatic carbocycles. The van der Waals surface area contributed by atoms with Gasteiger partial charge >= 0.3 is 5.97 Å². The van der Waals surface area contributed by atoms with Gasteiger partial charge in [0.15, 0.2) is 0 Å². The minimum Gasteiger partial charge on any atom is -0.402 e. The molecule has 28 heavy (non-hydrogen) atoms. The Kier molecular flexibility index (Phi) is 4.32. The summed E-state index contributed by atoms with van der Waals surface area (Å²) in [5.41, 5.74) is 6.13. The molecule has 0 aliphatic carbocycles. The van der Waals surface area contributed by atoms with Gasteiger partial charge in [-0.1, -0.05) is 48.5 Å². The van der Waals surface area contributed by atoms with Crippen LogP contribution in [-0.2, 0) is 10.0 Å². The number of rotatable bonds is 4. The first-order chi connectivity index (χ1) is 13.4. The molecule has 0 saturated carbocycles. The van der Waals surface area contributed by atoms with E-state index in [4.69, 9.17) is 10.5 Å². The lowest BCUT2D eigenvalue weighted by atomic mass is 10.1. The summed E-state index contributed by atoms with van der Waals surface area (Å²) in [6.07, 6.45) is 0. The Morgan fingerprint density at radius 1 is 0.893 bits per heavy atom. The number of nitrogens with two attached hydrogens (primary N) is 1. The minimum absolute atomic E-state index is 0.0296. The second-order valence-electron chi connectivity index (χ2n) is 6.02. The van der Waals surface area contributed by atoms with E-state index in [1.54, 1.807) is 42.5 Å². The van der Waals surface area contributed by atoms with Gasteiger partial charge in [-0.15, -0.1) is 9.19 Å². The van der Waals surface area contributed by atoms with Crippen molar-refractivity contribution in [1.82, 2.24) is 9.19 Å². The molecule has 1 heterocycles. The Labute approximate surface area is 161 Å². The van der Waals surface area contributed by atoms with Crippen molar-refractivity contribution >= 4 is 32.6 Å². The van der Waals surface area contributed by atoms with Crippen molar-refractivity contribution in [2.24, 2.45) is 0 Å². The lowest BCUT2D eigenvalue weighted by Crippen LogP contribution is -2.17. The number of aromatic nitrogens is 2. The van der Waals surface area contributed by atoms with Crippen LogP contribution in [0, 0.1) is 0 Å². The van der Waals surface area contributed by atoms with E-state index in [9.17, 15) is 13.2 Å². The molecule has 0 spiro atoms. The third-order valence-electron chi connectivity index (χ3n) is 4.13. The van der Waals surface area contributed by atoms with E-state index in [-0.39, 0.29) is 16.6 Å². The predicted molar refractivity (Wildman–Crippen MR) is 105 cm³/mol. The Bertz CT molecular complexity index is 1280. The zero-order valence-corrected chi connectivity index (χ0v) is 15.3. The predicted octanol–water partition coefficient (Wildman–Crippen LogP) is 3.07. The van der Waals surface area contributed by atoms with Crippen molar-refractivity contribution in [3.05, 3.63) is 84.4 Å². The van der Waals surface area contributed by atoms with Gasteiger partial charge in [-0.3, -0.25) is 0 Å². The standard InChI is InChI=1S/C20H15N3O4S/c21-18-13-19(27-20(24)15-7-2-1-3-8-15)22-23(18)28(25,26)17-11-10-14-6-4-5-9-16(14)12-17/h1-13H,21H2. The van der Waals surface area contributed by atoms with Gasteiger partial charge in [0, 0.05) is 6.07 Å². The fourth-order valence-corrected chi connectivity index (χ4v) is 3.99. The zero-order chi connectivity index (χ0) is 19.7. The number of ether oxygens (including phenoxy) is 1. The van der Waals surface area contributed by atoms with E-state index in [0.717, 1.165) is 10.8 Å². The quantitative estimate of drug-likeness (QED) is 0.534. The summed E-state index contributed by atoms with van der Waals surface area (Å²) in [4.78, 5) is 12.2. The summed E-state index contributed by atoms with van der Waals surface area (Å²) in [6.45, 7) is 0. The second kappa shape index (κ2) is 6.82. The average molecular weight is 393 g/mol. The number of esters is 1. The minimum atomic E-state index is -4.05. The van der Waals surface area contributed by atoms with Gasteiger partial charge in [-0.05, 0) is 35.0 Å². The third-order valence-corrected chi connectivity index (χ3v) is 5.73. The van der Waals surface area contributed by atoms with Crippen LogP contribution in [0.25, 0.3) is 10.8 Å². The van der Waals surface area contributed by atoms with Gasteiger partial charge in [0.05, 0.1) is 10.5 Å². The van der Waals surface area contributed by atoms with E-state index in [1.807, 2.05) is 24.3 Å². The molecule has 0 radical (unpaired) electrons. The van der Waals surface area contributed by atoms with Crippen molar-refractivity contribution in [2.45, 2.75) is 4.90 Å². The van der Waals surface area contributed by atoms with E-state index in [1.165, 1.54) is 12.1 Å². The highest BCUT2D eigenvalue weighted by molar-refractivity contribution is 7.90. The van der Waals surface area contributed by atoms with E-state index < -0.39 is 16.0 Å². The summed E-state index contributed by atoms with van der Waals surface area (Å²) in [5.74, 6) is -1.02. The molecular formula is C20H15N3O4S. The summed E-state index contributed by atoms with van der Waals surface area (Å²) in [5, 5.41) is 5.54. The van der Waals surface area contributed by atoms with Crippen molar-refractivity contribution in [1.29, 1.82) is 0 Å². The van der Waals surface area contributed by atoms with Crippen LogP contribution in [-0.4, -0.2) is 23.6 Å². The molecule has 0 atom stereocenters. The largest absolute Gasteiger partial charge is 0.402 e. The molecule has 0 aliphatic rings. The molecule has 0 aliphatic heterocycles. The average Bonchev–Trinajstić information content (AvgIpc) is 3.09. The van der Waals surface area contributed by atoms with Crippen LogP contribution in [0.15, 0.2) is 83.8 Å². The van der Waals surface area contributed by atoms with Crippen molar-refractivity contribution < 1.29 is 17.9 Å². The van der Waals surface area contributed by atoms with Crippen LogP contribution in [0.2, 0.25) is 0 Å². The van der Waals surface area contributed by atoms with Gasteiger partial charge in [0.25, 0.3) is 10.0 Å². The normalized spacial score (nSPS) is 11.4. The summed E-state index contributed by atoms with van der Waals surface area (Å²) in [6, 6.07) is 21.6. The van der Waals surface area contributed by atoms with Gasteiger partial charge in [0.1, 0.15) is 5.82 Å². The molecule has 4 aromatic rings. The van der Waals surface area contributed by atoms with E-state index >= 15 is 0 Å². The molecule has 0 unspecified atom stereocenters. The molecule has 0 bridgehead atoms. The number of carbonyl (C=O) groups is 1. The van der Waals surface area contributed by atoms with E-state index in [2.05, 4.69) is 5.10 Å². The van der Waals surface area contributed by atoms with E-state index in [0.29, 0.717) is 9.65 Å². The summed E-state index contributed by atoms with van der Waals surface area (Å²) in [7, 11) is -4.05. The Morgan fingerprint density at radius 2 is 1.57 bits per heavy atom. The highest BCUT2D eigenvalue weighted by atomic mass is 32.2. The number of carbonyl (C=O) groups excluding carboxylic acids is 1. The molecule has 1 aromatic heterocycles. The number of anilines is 1. The number of hydrogen-bond donors (Lipinski definition) is 1. The molecule has 0 fully saturated rings. The smallest absolute Gasteiger partial charge is 0.344 e. The Balaban J connectivity index is 1.67. The lowest BCUT2D eigenvalue weighted by Gasteiger charge is -2.07. The van der Waals surface area contributed by atoms with Crippen molar-refractivity contribution in [2.75, 3.05) is 5.73 Å².